The minimum atomic E-state index is -8.21. The molecule has 0 aliphatic rings. The molecule has 170 valence electrons. The van der Waals surface area contributed by atoms with Crippen LogP contribution in [0.3, 0.4) is 0 Å². The van der Waals surface area contributed by atoms with Crippen molar-refractivity contribution in [3.63, 3.8) is 0 Å². The summed E-state index contributed by atoms with van der Waals surface area (Å²) in [5.41, 5.74) is 0. The molecule has 0 amide bonds. The van der Waals surface area contributed by atoms with Gasteiger partial charge in [0.05, 0.1) is 0 Å². The van der Waals surface area contributed by atoms with Gasteiger partial charge in [-0.15, -0.1) is 0 Å². The fourth-order valence-electron chi connectivity index (χ4n) is 1.17. The van der Waals surface area contributed by atoms with E-state index >= 15 is 0 Å². The summed E-state index contributed by atoms with van der Waals surface area (Å²) in [5, 5.41) is -7.75. The van der Waals surface area contributed by atoms with Crippen molar-refractivity contribution in [2.45, 2.75) is 41.3 Å². The van der Waals surface area contributed by atoms with Crippen LogP contribution in [0, 0.1) is 0 Å². The molecule has 0 saturated carbocycles. The summed E-state index contributed by atoms with van der Waals surface area (Å²) in [5.74, 6) is -23.7. The van der Waals surface area contributed by atoms with E-state index in [1.807, 2.05) is 0 Å². The first-order chi connectivity index (χ1) is 11.8. The van der Waals surface area contributed by atoms with Gasteiger partial charge in [-0.2, -0.15) is 69.9 Å². The Hall–Kier alpha value is -1.18. The molecule has 0 fully saturated rings. The van der Waals surface area contributed by atoms with Crippen LogP contribution in [0.5, 0.6) is 0 Å². The molecule has 0 bridgehead atoms. The van der Waals surface area contributed by atoms with E-state index in [0.717, 1.165) is 0 Å². The molecule has 0 aromatic carbocycles. The highest BCUT2D eigenvalue weighted by Crippen LogP contribution is 2.58. The van der Waals surface area contributed by atoms with Crippen LogP contribution in [0.4, 0.5) is 65.4 Å². The summed E-state index contributed by atoms with van der Waals surface area (Å²) in [6.07, 6.45) is -22.1. The van der Waals surface area contributed by atoms with E-state index in [9.17, 15) is 73.8 Å². The van der Waals surface area contributed by atoms with Gasteiger partial charge in [0.25, 0.3) is 0 Å². The number of ether oxygens (including phenoxy) is 2. The van der Waals surface area contributed by atoms with E-state index in [4.69, 9.17) is 0 Å². The van der Waals surface area contributed by atoms with E-state index in [1.165, 1.54) is 4.74 Å². The second-order valence-electron chi connectivity index (χ2n) is 4.54. The van der Waals surface area contributed by atoms with Crippen LogP contribution in [-0.2, 0) is 19.7 Å². The molecule has 0 spiro atoms. The normalized spacial score (nSPS) is 18.1. The van der Waals surface area contributed by atoms with Gasteiger partial charge in [-0.1, -0.05) is 3.89 Å². The summed E-state index contributed by atoms with van der Waals surface area (Å²) in [7, 11) is -8.68. The molecule has 0 heterocycles. The zero-order chi connectivity index (χ0) is 23.4. The Morgan fingerprint density at radius 3 is 1.25 bits per heavy atom. The molecule has 1 atom stereocenters. The highest BCUT2D eigenvalue weighted by Gasteiger charge is 2.89. The second-order valence-corrected chi connectivity index (χ2v) is 5.92. The maximum atomic E-state index is 13.4. The molecule has 0 aromatic rings. The average molecular weight is 480 g/mol. The Kier molecular flexibility index (Phi) is 6.39. The summed E-state index contributed by atoms with van der Waals surface area (Å²) in [4.78, 5) is 0. The van der Waals surface area contributed by atoms with Crippen LogP contribution in [-0.4, -0.2) is 56.9 Å². The largest absolute Gasteiger partial charge is 0.458 e. The van der Waals surface area contributed by atoms with Gasteiger partial charge in [0.2, 0.25) is 0 Å². The van der Waals surface area contributed by atoms with Gasteiger partial charge in [0.1, 0.15) is 0 Å². The van der Waals surface area contributed by atoms with Gasteiger partial charge < -0.3 is 4.74 Å². The lowest BCUT2D eigenvalue weighted by Gasteiger charge is -2.39. The summed E-state index contributed by atoms with van der Waals surface area (Å²) in [6.45, 7) is 0. The molecule has 4 nitrogen and oxygen atoms in total. The molecule has 0 rings (SSSR count). The monoisotopic (exact) mass is 480 g/mol. The maximum Gasteiger partial charge on any atom is 0.458 e. The minimum Gasteiger partial charge on any atom is -0.319 e. The van der Waals surface area contributed by atoms with Crippen LogP contribution in [0.2, 0.25) is 0 Å². The topological polar surface area (TPSA) is 52.6 Å². The molecular weight excluding hydrogens is 477 g/mol. The van der Waals surface area contributed by atoms with E-state index in [-0.39, 0.29) is 0 Å². The van der Waals surface area contributed by atoms with E-state index in [2.05, 4.69) is 4.74 Å². The van der Waals surface area contributed by atoms with Gasteiger partial charge in [0, 0.05) is 7.11 Å². The molecule has 0 aliphatic heterocycles. The molecule has 0 radical (unpaired) electrons. The lowest BCUT2D eigenvalue weighted by molar-refractivity contribution is -0.529. The molecule has 0 N–H and O–H groups in total. The Morgan fingerprint density at radius 2 is 1.00 bits per heavy atom. The number of halogens is 15. The summed E-state index contributed by atoms with van der Waals surface area (Å²) in [6, 6.07) is 0. The lowest BCUT2D eigenvalue weighted by atomic mass is 10.1. The first kappa shape index (κ1) is 26.8. The van der Waals surface area contributed by atoms with Crippen molar-refractivity contribution in [2.75, 3.05) is 7.11 Å². The summed E-state index contributed by atoms with van der Waals surface area (Å²) >= 11 is 0. The fraction of sp³-hybridized carbons (Fsp3) is 1.00. The molecule has 20 heteroatoms. The van der Waals surface area contributed by atoms with Crippen LogP contribution >= 0.6 is 0 Å². The van der Waals surface area contributed by atoms with E-state index in [1.54, 1.807) is 0 Å². The molecule has 0 aromatic heterocycles. The fourth-order valence-corrected chi connectivity index (χ4v) is 1.61. The molecule has 28 heavy (non-hydrogen) atoms. The Morgan fingerprint density at radius 1 is 0.643 bits per heavy atom. The van der Waals surface area contributed by atoms with Crippen molar-refractivity contribution in [3.05, 3.63) is 0 Å². The lowest BCUT2D eigenvalue weighted by Crippen LogP contribution is -2.69. The highest BCUT2D eigenvalue weighted by molar-refractivity contribution is 7.87. The maximum absolute atomic E-state index is 13.4. The van der Waals surface area contributed by atoms with Crippen LogP contribution < -0.4 is 0 Å². The zero-order valence-corrected chi connectivity index (χ0v) is 13.0. The van der Waals surface area contributed by atoms with Crippen molar-refractivity contribution in [1.29, 1.82) is 0 Å². The Labute approximate surface area is 143 Å². The minimum absolute atomic E-state index is 0.530. The van der Waals surface area contributed by atoms with Gasteiger partial charge in [-0.05, 0) is 0 Å². The van der Waals surface area contributed by atoms with Crippen molar-refractivity contribution < 1.29 is 83.2 Å². The standard InChI is InChI=1S/C8H3F15O4S/c1-26-7(19,20)4(13,5(14,15)16)27-6(17,18)2(9,10)3(11,12)8(21,22)28(23,24)25/h1H3. The molecule has 0 aliphatic carbocycles. The van der Waals surface area contributed by atoms with Gasteiger partial charge >= 0.3 is 51.6 Å². The van der Waals surface area contributed by atoms with Crippen molar-refractivity contribution in [3.8, 4) is 0 Å². The van der Waals surface area contributed by atoms with Crippen LogP contribution in [0.1, 0.15) is 0 Å². The molecule has 0 saturated heterocycles. The predicted molar refractivity (Wildman–Crippen MR) is 52.8 cm³/mol. The average Bonchev–Trinajstić information content (AvgIpc) is 2.43. The van der Waals surface area contributed by atoms with Crippen LogP contribution in [0.25, 0.3) is 0 Å². The van der Waals surface area contributed by atoms with Crippen molar-refractivity contribution in [1.82, 2.24) is 0 Å². The predicted octanol–water partition coefficient (Wildman–Crippen LogP) is 4.23. The van der Waals surface area contributed by atoms with Crippen molar-refractivity contribution >= 4 is 10.2 Å². The number of hydrogen-bond donors (Lipinski definition) is 0. The third-order valence-corrected chi connectivity index (χ3v) is 3.56. The number of alkyl halides is 14. The van der Waals surface area contributed by atoms with E-state index in [0.29, 0.717) is 0 Å². The zero-order valence-electron chi connectivity index (χ0n) is 12.2. The molecule has 1 unspecified atom stereocenters. The van der Waals surface area contributed by atoms with Crippen LogP contribution in [0.15, 0.2) is 0 Å². The Balaban J connectivity index is 6.58. The second kappa shape index (κ2) is 6.67. The SMILES string of the molecule is COC(F)(F)C(F)(OC(F)(F)C(F)(F)C(F)(F)C(F)(F)S(=O)(=O)F)C(F)(F)F. The van der Waals surface area contributed by atoms with E-state index < -0.39 is 58.7 Å². The third kappa shape index (κ3) is 3.68. The third-order valence-electron chi connectivity index (χ3n) is 2.70. The number of methoxy groups -OCH3 is 1. The quantitative estimate of drug-likeness (QED) is 0.386. The van der Waals surface area contributed by atoms with Crippen molar-refractivity contribution in [2.24, 2.45) is 0 Å². The molecular formula is C8H3F15O4S. The number of rotatable bonds is 8. The first-order valence-corrected chi connectivity index (χ1v) is 6.99. The summed E-state index contributed by atoms with van der Waals surface area (Å²) < 4.78 is 215. The first-order valence-electron chi connectivity index (χ1n) is 5.61. The Bertz CT molecular complexity index is 683. The smallest absolute Gasteiger partial charge is 0.319 e. The van der Waals surface area contributed by atoms with Gasteiger partial charge in [-0.3, -0.25) is 4.74 Å². The number of hydrogen-bond acceptors (Lipinski definition) is 4. The van der Waals surface area contributed by atoms with Gasteiger partial charge in [-0.25, -0.2) is 0 Å². The van der Waals surface area contributed by atoms with Gasteiger partial charge in [0.15, 0.2) is 0 Å². The highest BCUT2D eigenvalue weighted by atomic mass is 32.3.